The number of nitrogens with one attached hydrogen (secondary N) is 1. The molecular weight excluding hydrogens is 202 g/mol. The Morgan fingerprint density at radius 3 is 2.69 bits per heavy atom. The molecule has 0 radical (unpaired) electrons. The molecule has 1 unspecified atom stereocenters. The van der Waals surface area contributed by atoms with Crippen molar-refractivity contribution >= 4 is 5.91 Å². The van der Waals surface area contributed by atoms with E-state index < -0.39 is 0 Å². The lowest BCUT2D eigenvalue weighted by molar-refractivity contribution is -0.125. The molecular formula is C12H19N3O. The van der Waals surface area contributed by atoms with Crippen molar-refractivity contribution < 1.29 is 4.79 Å². The normalized spacial score (nSPS) is 25.8. The topological polar surface area (TPSA) is 58.4 Å². The van der Waals surface area contributed by atoms with E-state index in [-0.39, 0.29) is 11.9 Å². The van der Waals surface area contributed by atoms with Gasteiger partial charge in [-0.3, -0.25) is 10.2 Å². The van der Waals surface area contributed by atoms with Gasteiger partial charge in [-0.15, -0.1) is 0 Å². The Labute approximate surface area is 96.1 Å². The summed E-state index contributed by atoms with van der Waals surface area (Å²) in [6.45, 7) is 0. The van der Waals surface area contributed by atoms with E-state index in [1.807, 2.05) is 24.4 Å². The van der Waals surface area contributed by atoms with Gasteiger partial charge >= 0.3 is 0 Å². The summed E-state index contributed by atoms with van der Waals surface area (Å²) in [6.07, 6.45) is 14.0. The number of amides is 1. The van der Waals surface area contributed by atoms with Crippen LogP contribution in [0.2, 0.25) is 0 Å². The first kappa shape index (κ1) is 11.2. The summed E-state index contributed by atoms with van der Waals surface area (Å²) in [5, 5.41) is 0. The summed E-state index contributed by atoms with van der Waals surface area (Å²) >= 11 is 0. The van der Waals surface area contributed by atoms with Crippen LogP contribution in [0, 0.1) is 0 Å². The quantitative estimate of drug-likeness (QED) is 0.416. The van der Waals surface area contributed by atoms with Gasteiger partial charge in [-0.1, -0.05) is 31.4 Å². The second kappa shape index (κ2) is 5.16. The highest BCUT2D eigenvalue weighted by atomic mass is 16.2. The maximum atomic E-state index is 11.7. The second-order valence-corrected chi connectivity index (χ2v) is 4.42. The van der Waals surface area contributed by atoms with Crippen LogP contribution in [0.4, 0.5) is 0 Å². The van der Waals surface area contributed by atoms with Crippen molar-refractivity contribution in [3.63, 3.8) is 0 Å². The van der Waals surface area contributed by atoms with Crippen molar-refractivity contribution in [2.24, 2.45) is 5.84 Å². The van der Waals surface area contributed by atoms with E-state index in [1.165, 1.54) is 32.1 Å². The third-order valence-corrected chi connectivity index (χ3v) is 3.39. The fraction of sp³-hybridized carbons (Fsp3) is 0.583. The minimum absolute atomic E-state index is 0.133. The van der Waals surface area contributed by atoms with Gasteiger partial charge < -0.3 is 4.90 Å². The molecule has 4 heteroatoms. The zero-order valence-electron chi connectivity index (χ0n) is 9.43. The van der Waals surface area contributed by atoms with Gasteiger partial charge in [0.05, 0.1) is 0 Å². The minimum atomic E-state index is -0.238. The summed E-state index contributed by atoms with van der Waals surface area (Å²) in [6, 6.07) is 0.246. The zero-order chi connectivity index (χ0) is 11.4. The SMILES string of the molecule is NNC(=O)C1C=CC=CN1C1CCCCC1. The highest BCUT2D eigenvalue weighted by Gasteiger charge is 2.28. The molecule has 1 atom stereocenters. The number of hydrazine groups is 1. The fourth-order valence-electron chi connectivity index (χ4n) is 2.55. The van der Waals surface area contributed by atoms with E-state index in [4.69, 9.17) is 5.84 Å². The number of hydrogen-bond donors (Lipinski definition) is 2. The highest BCUT2D eigenvalue weighted by molar-refractivity contribution is 5.83. The van der Waals surface area contributed by atoms with Crippen molar-refractivity contribution in [1.82, 2.24) is 10.3 Å². The Morgan fingerprint density at radius 1 is 1.25 bits per heavy atom. The van der Waals surface area contributed by atoms with Crippen LogP contribution in [0.5, 0.6) is 0 Å². The molecule has 1 aliphatic carbocycles. The molecule has 2 rings (SSSR count). The first-order valence-electron chi connectivity index (χ1n) is 5.96. The summed E-state index contributed by atoms with van der Waals surface area (Å²) in [4.78, 5) is 13.8. The monoisotopic (exact) mass is 221 g/mol. The number of rotatable bonds is 2. The molecule has 88 valence electrons. The van der Waals surface area contributed by atoms with Crippen molar-refractivity contribution in [1.29, 1.82) is 0 Å². The summed E-state index contributed by atoms with van der Waals surface area (Å²) < 4.78 is 0. The van der Waals surface area contributed by atoms with Crippen LogP contribution >= 0.6 is 0 Å². The molecule has 0 bridgehead atoms. The Morgan fingerprint density at radius 2 is 2.00 bits per heavy atom. The van der Waals surface area contributed by atoms with Gasteiger partial charge in [0.15, 0.2) is 0 Å². The molecule has 1 heterocycles. The van der Waals surface area contributed by atoms with Gasteiger partial charge in [-0.2, -0.15) is 0 Å². The van der Waals surface area contributed by atoms with E-state index in [9.17, 15) is 4.79 Å². The maximum absolute atomic E-state index is 11.7. The summed E-state index contributed by atoms with van der Waals surface area (Å²) in [5.74, 6) is 5.08. The van der Waals surface area contributed by atoms with E-state index in [0.717, 1.165) is 0 Å². The largest absolute Gasteiger partial charge is 0.360 e. The van der Waals surface area contributed by atoms with Crippen molar-refractivity contribution in [3.8, 4) is 0 Å². The van der Waals surface area contributed by atoms with Gasteiger partial charge in [0.1, 0.15) is 6.04 Å². The Hall–Kier alpha value is -1.29. The lowest BCUT2D eigenvalue weighted by Crippen LogP contribution is -2.50. The summed E-state index contributed by atoms with van der Waals surface area (Å²) in [7, 11) is 0. The van der Waals surface area contributed by atoms with Crippen LogP contribution in [0.15, 0.2) is 24.4 Å². The molecule has 4 nitrogen and oxygen atoms in total. The number of nitrogens with two attached hydrogens (primary N) is 1. The molecule has 0 aromatic heterocycles. The van der Waals surface area contributed by atoms with Crippen LogP contribution in [0.25, 0.3) is 0 Å². The number of allylic oxidation sites excluding steroid dienone is 2. The number of carbonyl (C=O) groups excluding carboxylic acids is 1. The van der Waals surface area contributed by atoms with Crippen LogP contribution in [-0.2, 0) is 4.79 Å². The number of carbonyl (C=O) groups is 1. The van der Waals surface area contributed by atoms with Crippen molar-refractivity contribution in [2.45, 2.75) is 44.2 Å². The Balaban J connectivity index is 2.07. The molecule has 0 aromatic carbocycles. The van der Waals surface area contributed by atoms with Crippen LogP contribution in [0.3, 0.4) is 0 Å². The average Bonchev–Trinajstić information content (AvgIpc) is 2.39. The minimum Gasteiger partial charge on any atom is -0.360 e. The molecule has 3 N–H and O–H groups in total. The molecule has 16 heavy (non-hydrogen) atoms. The van der Waals surface area contributed by atoms with E-state index >= 15 is 0 Å². The molecule has 0 aromatic rings. The average molecular weight is 221 g/mol. The number of nitrogens with zero attached hydrogens (tertiary/aromatic N) is 1. The van der Waals surface area contributed by atoms with Crippen LogP contribution in [-0.4, -0.2) is 22.9 Å². The molecule has 1 saturated carbocycles. The van der Waals surface area contributed by atoms with Gasteiger partial charge in [0, 0.05) is 12.2 Å². The molecule has 2 aliphatic rings. The molecule has 1 fully saturated rings. The Bertz CT molecular complexity index is 305. The number of hydrogen-bond acceptors (Lipinski definition) is 3. The van der Waals surface area contributed by atoms with E-state index in [1.54, 1.807) is 0 Å². The predicted octanol–water partition coefficient (Wildman–Crippen LogP) is 1.06. The summed E-state index contributed by atoms with van der Waals surface area (Å²) in [5.41, 5.74) is 2.24. The van der Waals surface area contributed by atoms with Crippen molar-refractivity contribution in [2.75, 3.05) is 0 Å². The maximum Gasteiger partial charge on any atom is 0.260 e. The van der Waals surface area contributed by atoms with Gasteiger partial charge in [-0.25, -0.2) is 5.84 Å². The smallest absolute Gasteiger partial charge is 0.260 e. The van der Waals surface area contributed by atoms with Crippen LogP contribution in [0.1, 0.15) is 32.1 Å². The second-order valence-electron chi connectivity index (χ2n) is 4.42. The third kappa shape index (κ3) is 2.27. The van der Waals surface area contributed by atoms with Gasteiger partial charge in [0.25, 0.3) is 5.91 Å². The van der Waals surface area contributed by atoms with E-state index in [0.29, 0.717) is 6.04 Å². The first-order valence-corrected chi connectivity index (χ1v) is 5.96. The van der Waals surface area contributed by atoms with Gasteiger partial charge in [-0.05, 0) is 18.9 Å². The predicted molar refractivity (Wildman–Crippen MR) is 63.1 cm³/mol. The third-order valence-electron chi connectivity index (χ3n) is 3.39. The lowest BCUT2D eigenvalue weighted by Gasteiger charge is -2.38. The fourth-order valence-corrected chi connectivity index (χ4v) is 2.55. The first-order chi connectivity index (χ1) is 7.83. The molecule has 0 saturated heterocycles. The molecule has 1 aliphatic heterocycles. The lowest BCUT2D eigenvalue weighted by atomic mass is 9.92. The molecule has 0 spiro atoms. The van der Waals surface area contributed by atoms with Crippen molar-refractivity contribution in [3.05, 3.63) is 24.4 Å². The van der Waals surface area contributed by atoms with Crippen LogP contribution < -0.4 is 11.3 Å². The highest BCUT2D eigenvalue weighted by Crippen LogP contribution is 2.26. The zero-order valence-corrected chi connectivity index (χ0v) is 9.43. The Kier molecular flexibility index (Phi) is 3.62. The standard InChI is InChI=1S/C12H19N3O/c13-14-12(16)11-8-4-5-9-15(11)10-6-2-1-3-7-10/h4-5,8-11H,1-3,6-7,13H2,(H,14,16). The molecule has 1 amide bonds. The van der Waals surface area contributed by atoms with E-state index in [2.05, 4.69) is 10.3 Å². The van der Waals surface area contributed by atoms with Gasteiger partial charge in [0.2, 0.25) is 0 Å².